The molecule has 10 heteroatoms. The molecule has 1 unspecified atom stereocenters. The van der Waals surface area contributed by atoms with E-state index in [4.69, 9.17) is 14.9 Å². The zero-order valence-corrected chi connectivity index (χ0v) is 11.3. The Bertz CT molecular complexity index is 548. The van der Waals surface area contributed by atoms with Crippen LogP contribution in [0.5, 0.6) is 5.75 Å². The number of carbonyl (C=O) groups excluding carboxylic acids is 1. The van der Waals surface area contributed by atoms with Crippen LogP contribution in [0.4, 0.5) is 4.79 Å². The summed E-state index contributed by atoms with van der Waals surface area (Å²) in [4.78, 5) is 36.3. The second-order valence-electron chi connectivity index (χ2n) is 4.06. The molecule has 0 radical (unpaired) electrons. The molecule has 1 rings (SSSR count). The molecular formula is C12H14N2O8. The van der Waals surface area contributed by atoms with E-state index in [9.17, 15) is 19.7 Å². The van der Waals surface area contributed by atoms with Crippen molar-refractivity contribution in [2.75, 3.05) is 13.2 Å². The fraction of sp³-hybridized carbons (Fsp3) is 0.333. The molecule has 22 heavy (non-hydrogen) atoms. The first-order chi connectivity index (χ1) is 10.4. The van der Waals surface area contributed by atoms with Crippen LogP contribution in [0.15, 0.2) is 24.3 Å². The molecule has 0 aromatic heterocycles. The van der Waals surface area contributed by atoms with Crippen molar-refractivity contribution in [1.82, 2.24) is 5.32 Å². The lowest BCUT2D eigenvalue weighted by molar-refractivity contribution is -0.757. The summed E-state index contributed by atoms with van der Waals surface area (Å²) in [5, 5.41) is 28.5. The molecule has 10 nitrogen and oxygen atoms in total. The molecule has 1 amide bonds. The number of aliphatic hydroxyl groups excluding tert-OH is 1. The topological polar surface area (TPSA) is 148 Å². The monoisotopic (exact) mass is 314 g/mol. The van der Waals surface area contributed by atoms with E-state index in [0.717, 1.165) is 0 Å². The lowest BCUT2D eigenvalue weighted by Gasteiger charge is -2.12. The van der Waals surface area contributed by atoms with Gasteiger partial charge in [0.1, 0.15) is 12.4 Å². The quantitative estimate of drug-likeness (QED) is 0.447. The van der Waals surface area contributed by atoms with Crippen molar-refractivity contribution in [2.24, 2.45) is 0 Å². The number of aliphatic carboxylic acids is 1. The first-order valence-electron chi connectivity index (χ1n) is 6.10. The Morgan fingerprint density at radius 1 is 1.41 bits per heavy atom. The van der Waals surface area contributed by atoms with Gasteiger partial charge in [-0.2, -0.15) is 0 Å². The first-order valence-corrected chi connectivity index (χ1v) is 6.10. The van der Waals surface area contributed by atoms with Crippen LogP contribution < -0.4 is 10.1 Å². The number of benzene rings is 1. The maximum atomic E-state index is 11.5. The van der Waals surface area contributed by atoms with Gasteiger partial charge < -0.3 is 25.1 Å². The summed E-state index contributed by atoms with van der Waals surface area (Å²) < 4.78 is 4.87. The van der Waals surface area contributed by atoms with Crippen LogP contribution in [0.3, 0.4) is 0 Å². The third-order valence-electron chi connectivity index (χ3n) is 2.47. The van der Waals surface area contributed by atoms with Crippen LogP contribution in [0.25, 0.3) is 0 Å². The second kappa shape index (κ2) is 8.42. The minimum atomic E-state index is -1.47. The number of hydrogen-bond acceptors (Lipinski definition) is 7. The third-order valence-corrected chi connectivity index (χ3v) is 2.47. The lowest BCUT2D eigenvalue weighted by atomic mass is 10.1. The Labute approximate surface area is 124 Å². The van der Waals surface area contributed by atoms with Gasteiger partial charge in [0, 0.05) is 0 Å². The van der Waals surface area contributed by atoms with Gasteiger partial charge in [0.25, 0.3) is 5.09 Å². The number of rotatable bonds is 8. The van der Waals surface area contributed by atoms with Crippen LogP contribution in [-0.4, -0.2) is 46.6 Å². The van der Waals surface area contributed by atoms with Gasteiger partial charge in [0.05, 0.1) is 6.61 Å². The molecule has 0 aliphatic heterocycles. The van der Waals surface area contributed by atoms with E-state index in [2.05, 4.69) is 4.84 Å². The number of ether oxygens (including phenoxy) is 1. The van der Waals surface area contributed by atoms with Gasteiger partial charge in [0.15, 0.2) is 6.04 Å². The molecule has 3 N–H and O–H groups in total. The summed E-state index contributed by atoms with van der Waals surface area (Å²) in [6, 6.07) is 4.65. The van der Waals surface area contributed by atoms with Gasteiger partial charge in [-0.05, 0) is 24.1 Å². The predicted octanol–water partition coefficient (Wildman–Crippen LogP) is -0.0287. The van der Waals surface area contributed by atoms with Crippen LogP contribution in [0.2, 0.25) is 0 Å². The number of amides is 1. The number of nitrogens with one attached hydrogen (secondary N) is 1. The van der Waals surface area contributed by atoms with Crippen LogP contribution in [-0.2, 0) is 16.1 Å². The number of nitrogens with zero attached hydrogens (tertiary/aromatic N) is 1. The lowest BCUT2D eigenvalue weighted by Crippen LogP contribution is -2.44. The molecule has 1 aromatic rings. The SMILES string of the molecule is O=C(NC(CO)C(=O)O)Oc1cccc(CCO[N+](=O)[O-])c1. The second-order valence-corrected chi connectivity index (χ2v) is 4.06. The molecule has 0 fully saturated rings. The molecule has 0 aliphatic rings. The largest absolute Gasteiger partial charge is 0.480 e. The highest BCUT2D eigenvalue weighted by Gasteiger charge is 2.19. The Balaban J connectivity index is 2.56. The number of aliphatic hydroxyl groups is 1. The van der Waals surface area contributed by atoms with Gasteiger partial charge in [-0.1, -0.05) is 12.1 Å². The summed E-state index contributed by atoms with van der Waals surface area (Å²) in [6.07, 6.45) is -0.811. The van der Waals surface area contributed by atoms with Crippen molar-refractivity contribution in [1.29, 1.82) is 0 Å². The molecule has 0 saturated carbocycles. The number of carbonyl (C=O) groups is 2. The normalized spacial score (nSPS) is 11.3. The summed E-state index contributed by atoms with van der Waals surface area (Å²) >= 11 is 0. The molecule has 0 spiro atoms. The van der Waals surface area contributed by atoms with Crippen molar-refractivity contribution < 1.29 is 34.5 Å². The molecule has 0 aliphatic carbocycles. The van der Waals surface area contributed by atoms with E-state index in [0.29, 0.717) is 5.56 Å². The van der Waals surface area contributed by atoms with E-state index in [1.54, 1.807) is 12.1 Å². The van der Waals surface area contributed by atoms with Crippen LogP contribution in [0.1, 0.15) is 5.56 Å². The highest BCUT2D eigenvalue weighted by atomic mass is 16.9. The fourth-order valence-corrected chi connectivity index (χ4v) is 1.47. The highest BCUT2D eigenvalue weighted by molar-refractivity contribution is 5.80. The molecular weight excluding hydrogens is 300 g/mol. The van der Waals surface area contributed by atoms with Crippen LogP contribution in [0, 0.1) is 10.1 Å². The van der Waals surface area contributed by atoms with Gasteiger partial charge in [-0.3, -0.25) is 0 Å². The fourth-order valence-electron chi connectivity index (χ4n) is 1.47. The number of carboxylic acid groups (broad SMARTS) is 1. The zero-order chi connectivity index (χ0) is 16.5. The number of carboxylic acids is 1. The maximum Gasteiger partial charge on any atom is 0.413 e. The molecule has 1 aromatic carbocycles. The molecule has 120 valence electrons. The third kappa shape index (κ3) is 6.05. The summed E-state index contributed by atoms with van der Waals surface area (Å²) in [5.41, 5.74) is 0.629. The zero-order valence-electron chi connectivity index (χ0n) is 11.3. The van der Waals surface area contributed by atoms with Crippen LogP contribution >= 0.6 is 0 Å². The van der Waals surface area contributed by atoms with Crippen molar-refractivity contribution in [3.63, 3.8) is 0 Å². The Morgan fingerprint density at radius 3 is 2.73 bits per heavy atom. The van der Waals surface area contributed by atoms with Crippen molar-refractivity contribution >= 4 is 12.1 Å². The van der Waals surface area contributed by atoms with E-state index < -0.39 is 29.8 Å². The van der Waals surface area contributed by atoms with E-state index >= 15 is 0 Å². The molecule has 0 heterocycles. The number of hydrogen-bond donors (Lipinski definition) is 3. The predicted molar refractivity (Wildman–Crippen MR) is 70.8 cm³/mol. The minimum absolute atomic E-state index is 0.123. The van der Waals surface area contributed by atoms with E-state index in [1.807, 2.05) is 5.32 Å². The molecule has 0 bridgehead atoms. The summed E-state index contributed by atoms with van der Waals surface area (Å²) in [7, 11) is 0. The van der Waals surface area contributed by atoms with Gasteiger partial charge in [0.2, 0.25) is 0 Å². The standard InChI is InChI=1S/C12H14N2O8/c15-7-10(11(16)17)13-12(18)22-9-3-1-2-8(6-9)4-5-21-14(19)20/h1-3,6,10,15H,4-5,7H2,(H,13,18)(H,16,17). The summed E-state index contributed by atoms with van der Waals surface area (Å²) in [5.74, 6) is -1.27. The van der Waals surface area contributed by atoms with Crippen molar-refractivity contribution in [3.05, 3.63) is 39.9 Å². The molecule has 1 atom stereocenters. The summed E-state index contributed by atoms with van der Waals surface area (Å²) in [6.45, 7) is -0.920. The van der Waals surface area contributed by atoms with Gasteiger partial charge in [-0.25, -0.2) is 9.59 Å². The van der Waals surface area contributed by atoms with E-state index in [1.165, 1.54) is 12.1 Å². The highest BCUT2D eigenvalue weighted by Crippen LogP contribution is 2.14. The Kier molecular flexibility index (Phi) is 6.57. The smallest absolute Gasteiger partial charge is 0.413 e. The molecule has 0 saturated heterocycles. The van der Waals surface area contributed by atoms with E-state index in [-0.39, 0.29) is 18.8 Å². The Morgan fingerprint density at radius 2 is 2.14 bits per heavy atom. The van der Waals surface area contributed by atoms with Gasteiger partial charge in [-0.15, -0.1) is 10.1 Å². The minimum Gasteiger partial charge on any atom is -0.480 e. The maximum absolute atomic E-state index is 11.5. The van der Waals surface area contributed by atoms with Gasteiger partial charge >= 0.3 is 12.1 Å². The van der Waals surface area contributed by atoms with Crippen molar-refractivity contribution in [3.8, 4) is 5.75 Å². The Hall–Kier alpha value is -2.88. The average molecular weight is 314 g/mol. The average Bonchev–Trinajstić information content (AvgIpc) is 2.44. The first kappa shape index (κ1) is 17.2. The van der Waals surface area contributed by atoms with Crippen molar-refractivity contribution in [2.45, 2.75) is 12.5 Å².